The van der Waals surface area contributed by atoms with E-state index in [1.807, 2.05) is 0 Å². The molecule has 1 aromatic rings. The lowest BCUT2D eigenvalue weighted by atomic mass is 9.86. The fourth-order valence-corrected chi connectivity index (χ4v) is 10.9. The summed E-state index contributed by atoms with van der Waals surface area (Å²) in [6.07, 6.45) is 11.8. The van der Waals surface area contributed by atoms with Gasteiger partial charge in [-0.25, -0.2) is 8.42 Å². The van der Waals surface area contributed by atoms with Gasteiger partial charge < -0.3 is 14.4 Å². The first-order valence-corrected chi connectivity index (χ1v) is 21.1. The van der Waals surface area contributed by atoms with Gasteiger partial charge in [0.15, 0.2) is 11.7 Å². The first kappa shape index (κ1) is 36.9. The molecule has 2 bridgehead atoms. The van der Waals surface area contributed by atoms with Crippen LogP contribution in [0.25, 0.3) is 0 Å². The van der Waals surface area contributed by atoms with Gasteiger partial charge in [-0.2, -0.15) is 0 Å². The van der Waals surface area contributed by atoms with Crippen molar-refractivity contribution in [1.82, 2.24) is 14.2 Å². The Kier molecular flexibility index (Phi) is 10.7. The fourth-order valence-electron chi connectivity index (χ4n) is 9.50. The molecule has 7 rings (SSSR count). The molecule has 4 saturated carbocycles. The maximum absolute atomic E-state index is 14.8. The molecule has 5 fully saturated rings. The van der Waals surface area contributed by atoms with Crippen LogP contribution in [-0.4, -0.2) is 71.5 Å². The predicted molar refractivity (Wildman–Crippen MR) is 191 cm³/mol. The third-order valence-corrected chi connectivity index (χ3v) is 14.6. The third-order valence-electron chi connectivity index (χ3n) is 12.8. The smallest absolute Gasteiger partial charge is 0.306 e. The number of carbonyl (C=O) groups excluding carboxylic acids is 4. The number of Topliss-reactive ketones (excluding diaryl/α,β-unsaturated/α-hetero) is 1. The van der Waals surface area contributed by atoms with Gasteiger partial charge in [0.05, 0.1) is 35.6 Å². The third kappa shape index (κ3) is 7.75. The van der Waals surface area contributed by atoms with E-state index in [1.54, 1.807) is 22.8 Å². The molecule has 13 heteroatoms. The fraction of sp³-hybridized carbons (Fsp3) is 0.718. The number of pyridine rings is 1. The quantitative estimate of drug-likeness (QED) is 0.301. The highest BCUT2D eigenvalue weighted by molar-refractivity contribution is 7.90. The van der Waals surface area contributed by atoms with Gasteiger partial charge in [-0.15, -0.1) is 6.58 Å². The highest BCUT2D eigenvalue weighted by Crippen LogP contribution is 2.57. The van der Waals surface area contributed by atoms with Crippen molar-refractivity contribution in [3.05, 3.63) is 41.2 Å². The second-order valence-electron chi connectivity index (χ2n) is 16.3. The molecule has 3 heterocycles. The Bertz CT molecular complexity index is 1730. The highest BCUT2D eigenvalue weighted by Gasteiger charge is 2.61. The average Bonchev–Trinajstić information content (AvgIpc) is 3.90. The Labute approximate surface area is 306 Å². The van der Waals surface area contributed by atoms with Crippen molar-refractivity contribution in [2.24, 2.45) is 29.1 Å². The topological polar surface area (TPSA) is 158 Å². The molecule has 0 radical (unpaired) electrons. The molecule has 2 amide bonds. The first-order valence-electron chi connectivity index (χ1n) is 19.6. The summed E-state index contributed by atoms with van der Waals surface area (Å²) in [6.45, 7) is 4.36. The molecule has 0 spiro atoms. The van der Waals surface area contributed by atoms with Crippen molar-refractivity contribution in [3.63, 3.8) is 0 Å². The summed E-state index contributed by atoms with van der Waals surface area (Å²) in [5, 5.41) is -0.599. The van der Waals surface area contributed by atoms with Crippen LogP contribution in [0.15, 0.2) is 35.6 Å². The zero-order valence-electron chi connectivity index (χ0n) is 30.0. The van der Waals surface area contributed by atoms with Gasteiger partial charge in [-0.3, -0.25) is 33.3 Å². The number of carbonyl (C=O) groups is 4. The zero-order chi connectivity index (χ0) is 36.6. The molecule has 1 N–H and O–H groups in total. The van der Waals surface area contributed by atoms with Gasteiger partial charge in [0, 0.05) is 25.5 Å². The van der Waals surface area contributed by atoms with E-state index in [0.717, 1.165) is 70.6 Å². The van der Waals surface area contributed by atoms with Crippen LogP contribution in [0, 0.1) is 29.1 Å². The Hall–Kier alpha value is -3.48. The summed E-state index contributed by atoms with van der Waals surface area (Å²) in [5.74, 6) is -2.16. The second-order valence-corrected chi connectivity index (χ2v) is 18.2. The van der Waals surface area contributed by atoms with Crippen LogP contribution >= 0.6 is 0 Å². The molecular weight excluding hydrogens is 687 g/mol. The van der Waals surface area contributed by atoms with Gasteiger partial charge in [0.2, 0.25) is 21.8 Å². The van der Waals surface area contributed by atoms with Crippen molar-refractivity contribution in [3.8, 4) is 5.88 Å². The maximum Gasteiger partial charge on any atom is 0.306 e. The molecule has 52 heavy (non-hydrogen) atoms. The van der Waals surface area contributed by atoms with E-state index in [-0.39, 0.29) is 79.3 Å². The molecule has 1 saturated heterocycles. The van der Waals surface area contributed by atoms with Crippen molar-refractivity contribution in [1.29, 1.82) is 0 Å². The standard InChI is InChI=1S/C39H53N3O9S/c1-2-27-22-39(27,38(47)40-52(48,49)29-17-18-29)23-32(43)31-20-28-24-42(31)37(46)30(25-10-5-6-11-25)21-36(45)51-33-14-8-13-26(33)12-4-3-7-19-41-34(44)15-9-16-35(41)50-28/h2,9,15-16,25-31,33H,1,3-8,10-14,17-24H2,(H,40,47)/t26-,27+,28-,30+,31+,33-,39-/m1/s1. The largest absolute Gasteiger partial charge is 0.473 e. The lowest BCUT2D eigenvalue weighted by Gasteiger charge is -2.31. The van der Waals surface area contributed by atoms with Crippen LogP contribution in [0.2, 0.25) is 0 Å². The Morgan fingerprint density at radius 3 is 2.38 bits per heavy atom. The number of hydrogen-bond donors (Lipinski definition) is 1. The number of amides is 2. The van der Waals surface area contributed by atoms with Crippen LogP contribution in [-0.2, 0) is 40.5 Å². The van der Waals surface area contributed by atoms with Crippen LogP contribution < -0.4 is 15.0 Å². The number of esters is 1. The predicted octanol–water partition coefficient (Wildman–Crippen LogP) is 4.44. The van der Waals surface area contributed by atoms with Crippen LogP contribution in [0.5, 0.6) is 5.88 Å². The molecule has 2 aliphatic heterocycles. The van der Waals surface area contributed by atoms with Gasteiger partial charge in [-0.05, 0) is 88.0 Å². The van der Waals surface area contributed by atoms with E-state index in [2.05, 4.69) is 11.3 Å². The van der Waals surface area contributed by atoms with Crippen molar-refractivity contribution >= 4 is 33.6 Å². The lowest BCUT2D eigenvalue weighted by molar-refractivity contribution is -0.156. The zero-order valence-corrected chi connectivity index (χ0v) is 30.9. The van der Waals surface area contributed by atoms with E-state index in [1.165, 1.54) is 11.0 Å². The lowest BCUT2D eigenvalue weighted by Crippen LogP contribution is -2.47. The molecule has 6 aliphatic rings. The second kappa shape index (κ2) is 15.1. The molecule has 12 nitrogen and oxygen atoms in total. The first-order chi connectivity index (χ1) is 25.0. The molecule has 0 aromatic carbocycles. The van der Waals surface area contributed by atoms with E-state index >= 15 is 0 Å². The summed E-state index contributed by atoms with van der Waals surface area (Å²) in [6, 6.07) is 3.92. The maximum atomic E-state index is 14.8. The molecule has 7 atom stereocenters. The van der Waals surface area contributed by atoms with Crippen molar-refractivity contribution in [2.75, 3.05) is 6.54 Å². The van der Waals surface area contributed by atoms with Crippen molar-refractivity contribution in [2.45, 2.75) is 139 Å². The number of allylic oxidation sites excluding steroid dienone is 1. The number of ketones is 1. The van der Waals surface area contributed by atoms with Crippen LogP contribution in [0.1, 0.15) is 109 Å². The highest BCUT2D eigenvalue weighted by atomic mass is 32.2. The SMILES string of the molecule is C=C[C@H]1C[C@]1(CC(=O)[C@@H]1C[C@@H]2CN1C(=O)[C@H](C1CCCC1)CC(=O)O[C@@H]1CCC[C@H]1CCCCCn1c(cccc1=O)O2)C(=O)NS(=O)(=O)C1CC1. The van der Waals surface area contributed by atoms with Crippen LogP contribution in [0.3, 0.4) is 0 Å². The van der Waals surface area contributed by atoms with Gasteiger partial charge >= 0.3 is 5.97 Å². The minimum absolute atomic E-state index is 0.0293. The number of aromatic nitrogens is 1. The Balaban J connectivity index is 1.19. The minimum atomic E-state index is -3.84. The number of fused-ring (bicyclic) bond motifs is 4. The normalized spacial score (nSPS) is 33.2. The number of ether oxygens (including phenoxy) is 2. The van der Waals surface area contributed by atoms with E-state index in [4.69, 9.17) is 9.47 Å². The summed E-state index contributed by atoms with van der Waals surface area (Å²) < 4.78 is 41.9. The molecule has 0 unspecified atom stereocenters. The summed E-state index contributed by atoms with van der Waals surface area (Å²) in [7, 11) is -3.84. The van der Waals surface area contributed by atoms with Gasteiger partial charge in [-0.1, -0.05) is 37.8 Å². The Morgan fingerprint density at radius 2 is 1.65 bits per heavy atom. The molecule has 1 aromatic heterocycles. The number of rotatable bonds is 8. The summed E-state index contributed by atoms with van der Waals surface area (Å²) in [5.41, 5.74) is -1.46. The minimum Gasteiger partial charge on any atom is -0.473 e. The molecule has 284 valence electrons. The number of nitrogens with one attached hydrogen (secondary N) is 1. The number of nitrogens with zero attached hydrogens (tertiary/aromatic N) is 2. The summed E-state index contributed by atoms with van der Waals surface area (Å²) >= 11 is 0. The monoisotopic (exact) mass is 739 g/mol. The molecule has 4 aliphatic carbocycles. The van der Waals surface area contributed by atoms with Crippen LogP contribution in [0.4, 0.5) is 0 Å². The van der Waals surface area contributed by atoms with E-state index in [0.29, 0.717) is 25.3 Å². The summed E-state index contributed by atoms with van der Waals surface area (Å²) in [4.78, 5) is 70.9. The van der Waals surface area contributed by atoms with Gasteiger partial charge in [0.1, 0.15) is 12.2 Å². The average molecular weight is 740 g/mol. The van der Waals surface area contributed by atoms with Crippen molar-refractivity contribution < 1.29 is 37.1 Å². The Morgan fingerprint density at radius 1 is 0.923 bits per heavy atom. The number of hydrogen-bond acceptors (Lipinski definition) is 9. The van der Waals surface area contributed by atoms with Gasteiger partial charge in [0.25, 0.3) is 5.56 Å². The molecular formula is C39H53N3O9S. The van der Waals surface area contributed by atoms with E-state index < -0.39 is 44.7 Å². The number of sulfonamides is 1. The van der Waals surface area contributed by atoms with E-state index in [9.17, 15) is 32.4 Å².